The van der Waals surface area contributed by atoms with Crippen LogP contribution in [0.1, 0.15) is 35.9 Å². The molecule has 8 nitrogen and oxygen atoms in total. The van der Waals surface area contributed by atoms with Crippen LogP contribution in [0, 0.1) is 5.92 Å². The number of amides is 1. The summed E-state index contributed by atoms with van der Waals surface area (Å²) in [5.74, 6) is 0.654. The maximum Gasteiger partial charge on any atom is 0.345 e. The monoisotopic (exact) mass is 367 g/mol. The third kappa shape index (κ3) is 4.66. The van der Waals surface area contributed by atoms with Gasteiger partial charge in [-0.05, 0) is 30.5 Å². The fourth-order valence-corrected chi connectivity index (χ4v) is 2.65. The fourth-order valence-electron chi connectivity index (χ4n) is 2.65. The minimum absolute atomic E-state index is 0.0969. The van der Waals surface area contributed by atoms with Crippen LogP contribution < -0.4 is 5.69 Å². The maximum atomic E-state index is 12.6. The molecule has 140 valence electrons. The molecule has 2 heterocycles. The molecule has 1 N–H and O–H groups in total. The maximum absolute atomic E-state index is 12.6. The summed E-state index contributed by atoms with van der Waals surface area (Å²) in [5.41, 5.74) is 1.06. The number of benzene rings is 1. The van der Waals surface area contributed by atoms with Gasteiger partial charge in [0, 0.05) is 18.3 Å². The van der Waals surface area contributed by atoms with E-state index < -0.39 is 5.69 Å². The highest BCUT2D eigenvalue weighted by Crippen LogP contribution is 2.17. The van der Waals surface area contributed by atoms with Crippen molar-refractivity contribution in [3.63, 3.8) is 0 Å². The fraction of sp³-hybridized carbons (Fsp3) is 0.316. The Labute approximate surface area is 156 Å². The van der Waals surface area contributed by atoms with Gasteiger partial charge in [0.2, 0.25) is 11.8 Å². The molecule has 0 radical (unpaired) electrons. The van der Waals surface area contributed by atoms with Gasteiger partial charge in [-0.25, -0.2) is 4.79 Å². The number of aromatic nitrogens is 4. The van der Waals surface area contributed by atoms with Crippen molar-refractivity contribution in [3.05, 3.63) is 64.2 Å². The molecular formula is C19H21N5O3. The number of hydrogen-bond acceptors (Lipinski definition) is 6. The van der Waals surface area contributed by atoms with E-state index in [0.717, 1.165) is 5.56 Å². The van der Waals surface area contributed by atoms with Crippen LogP contribution in [0.15, 0.2) is 45.6 Å². The van der Waals surface area contributed by atoms with Crippen molar-refractivity contribution in [2.75, 3.05) is 7.05 Å². The van der Waals surface area contributed by atoms with Crippen LogP contribution in [0.4, 0.5) is 0 Å². The van der Waals surface area contributed by atoms with Crippen molar-refractivity contribution in [1.82, 2.24) is 25.1 Å². The van der Waals surface area contributed by atoms with Gasteiger partial charge in [0.15, 0.2) is 0 Å². The second-order valence-corrected chi connectivity index (χ2v) is 6.72. The Morgan fingerprint density at radius 2 is 1.96 bits per heavy atom. The third-order valence-electron chi connectivity index (χ3n) is 3.85. The molecule has 3 aromatic rings. The zero-order valence-electron chi connectivity index (χ0n) is 15.5. The van der Waals surface area contributed by atoms with E-state index in [1.807, 2.05) is 44.2 Å². The van der Waals surface area contributed by atoms with Crippen molar-refractivity contribution < 1.29 is 9.21 Å². The van der Waals surface area contributed by atoms with Crippen molar-refractivity contribution in [2.24, 2.45) is 5.92 Å². The lowest BCUT2D eigenvalue weighted by Gasteiger charge is -2.14. The van der Waals surface area contributed by atoms with E-state index in [1.54, 1.807) is 13.1 Å². The summed E-state index contributed by atoms with van der Waals surface area (Å²) < 4.78 is 5.62. The van der Waals surface area contributed by atoms with E-state index in [0.29, 0.717) is 29.8 Å². The van der Waals surface area contributed by atoms with Crippen molar-refractivity contribution in [3.8, 4) is 11.5 Å². The second kappa shape index (κ2) is 7.94. The van der Waals surface area contributed by atoms with Crippen molar-refractivity contribution >= 4 is 5.91 Å². The number of H-pyrrole nitrogens is 1. The molecule has 0 atom stereocenters. The second-order valence-electron chi connectivity index (χ2n) is 6.72. The average molecular weight is 367 g/mol. The van der Waals surface area contributed by atoms with E-state index in [9.17, 15) is 9.59 Å². The molecule has 0 fully saturated rings. The van der Waals surface area contributed by atoms with Crippen LogP contribution in [0.3, 0.4) is 0 Å². The molecule has 0 aliphatic carbocycles. The average Bonchev–Trinajstić information content (AvgIpc) is 3.09. The predicted octanol–water partition coefficient (Wildman–Crippen LogP) is 2.29. The van der Waals surface area contributed by atoms with Gasteiger partial charge in [0.25, 0.3) is 5.91 Å². The van der Waals surface area contributed by atoms with Crippen LogP contribution in [0.5, 0.6) is 0 Å². The van der Waals surface area contributed by atoms with Gasteiger partial charge in [-0.1, -0.05) is 32.0 Å². The molecule has 27 heavy (non-hydrogen) atoms. The summed E-state index contributed by atoms with van der Waals surface area (Å²) in [6.45, 7) is 4.19. The quantitative estimate of drug-likeness (QED) is 0.717. The van der Waals surface area contributed by atoms with Gasteiger partial charge in [-0.2, -0.15) is 4.98 Å². The number of rotatable bonds is 6. The number of nitrogens with zero attached hydrogens (tertiary/aromatic N) is 4. The molecule has 0 aliphatic rings. The Hall–Kier alpha value is -3.29. The zero-order chi connectivity index (χ0) is 19.4. The standard InChI is InChI=1S/C19H21N5O3/c1-12(2)9-14-10-15(21-19(26)20-14)18(25)24(3)11-16-22-23-17(27-16)13-7-5-4-6-8-13/h4-8,10,12H,9,11H2,1-3H3,(H,20,21,26). The van der Waals surface area contributed by atoms with Crippen LogP contribution >= 0.6 is 0 Å². The van der Waals surface area contributed by atoms with Crippen molar-refractivity contribution in [1.29, 1.82) is 0 Å². The largest absolute Gasteiger partial charge is 0.419 e. The van der Waals surface area contributed by atoms with Crippen LogP contribution in [0.2, 0.25) is 0 Å². The van der Waals surface area contributed by atoms with Gasteiger partial charge in [-0.3, -0.25) is 4.79 Å². The molecule has 1 aromatic carbocycles. The third-order valence-corrected chi connectivity index (χ3v) is 3.85. The highest BCUT2D eigenvalue weighted by Gasteiger charge is 2.18. The smallest absolute Gasteiger partial charge is 0.345 e. The van der Waals surface area contributed by atoms with Crippen LogP contribution in [0.25, 0.3) is 11.5 Å². The molecule has 0 unspecified atom stereocenters. The lowest BCUT2D eigenvalue weighted by molar-refractivity contribution is 0.0766. The normalized spacial score (nSPS) is 11.0. The molecule has 0 saturated carbocycles. The molecule has 0 bridgehead atoms. The van der Waals surface area contributed by atoms with Crippen LogP contribution in [-0.4, -0.2) is 38.0 Å². The highest BCUT2D eigenvalue weighted by atomic mass is 16.4. The van der Waals surface area contributed by atoms with Gasteiger partial charge in [-0.15, -0.1) is 10.2 Å². The van der Waals surface area contributed by atoms with E-state index >= 15 is 0 Å². The first kappa shape index (κ1) is 18.5. The molecule has 0 aliphatic heterocycles. The van der Waals surface area contributed by atoms with E-state index in [1.165, 1.54) is 4.90 Å². The summed E-state index contributed by atoms with van der Waals surface area (Å²) in [6.07, 6.45) is 0.659. The summed E-state index contributed by atoms with van der Waals surface area (Å²) in [6, 6.07) is 11.0. The molecule has 8 heteroatoms. The van der Waals surface area contributed by atoms with E-state index in [2.05, 4.69) is 20.2 Å². The minimum Gasteiger partial charge on any atom is -0.419 e. The summed E-state index contributed by atoms with van der Waals surface area (Å²) in [5, 5.41) is 7.99. The van der Waals surface area contributed by atoms with E-state index in [-0.39, 0.29) is 18.1 Å². The van der Waals surface area contributed by atoms with Gasteiger partial charge in [0.1, 0.15) is 5.69 Å². The summed E-state index contributed by atoms with van der Waals surface area (Å²) >= 11 is 0. The molecule has 0 saturated heterocycles. The Morgan fingerprint density at radius 1 is 1.22 bits per heavy atom. The van der Waals surface area contributed by atoms with Gasteiger partial charge >= 0.3 is 5.69 Å². The Kier molecular flexibility index (Phi) is 5.44. The topological polar surface area (TPSA) is 105 Å². The molecule has 3 rings (SSSR count). The Bertz CT molecular complexity index is 978. The number of nitrogens with one attached hydrogen (secondary N) is 1. The first-order valence-electron chi connectivity index (χ1n) is 8.66. The van der Waals surface area contributed by atoms with Gasteiger partial charge < -0.3 is 14.3 Å². The zero-order valence-corrected chi connectivity index (χ0v) is 15.5. The number of carbonyl (C=O) groups is 1. The molecular weight excluding hydrogens is 346 g/mol. The number of aromatic amines is 1. The first-order chi connectivity index (χ1) is 12.9. The molecule has 2 aromatic heterocycles. The lowest BCUT2D eigenvalue weighted by atomic mass is 10.1. The minimum atomic E-state index is -0.533. The number of carbonyl (C=O) groups excluding carboxylic acids is 1. The Morgan fingerprint density at radius 3 is 2.67 bits per heavy atom. The Balaban J connectivity index is 1.74. The highest BCUT2D eigenvalue weighted by molar-refractivity contribution is 5.92. The lowest BCUT2D eigenvalue weighted by Crippen LogP contribution is -2.30. The first-order valence-corrected chi connectivity index (χ1v) is 8.66. The number of hydrogen-bond donors (Lipinski definition) is 1. The van der Waals surface area contributed by atoms with Gasteiger partial charge in [0.05, 0.1) is 6.54 Å². The van der Waals surface area contributed by atoms with Crippen LogP contribution in [-0.2, 0) is 13.0 Å². The van der Waals surface area contributed by atoms with Crippen molar-refractivity contribution in [2.45, 2.75) is 26.8 Å². The SMILES string of the molecule is CC(C)Cc1cc(C(=O)N(C)Cc2nnc(-c3ccccc3)o2)nc(=O)[nH]1. The summed E-state index contributed by atoms with van der Waals surface area (Å²) in [7, 11) is 1.60. The molecule has 0 spiro atoms. The summed E-state index contributed by atoms with van der Waals surface area (Å²) in [4.78, 5) is 32.2. The van der Waals surface area contributed by atoms with E-state index in [4.69, 9.17) is 4.42 Å². The molecule has 1 amide bonds. The predicted molar refractivity (Wildman–Crippen MR) is 98.9 cm³/mol.